The second kappa shape index (κ2) is 6.92. The molecule has 3 heterocycles. The fourth-order valence-electron chi connectivity index (χ4n) is 4.70. The van der Waals surface area contributed by atoms with E-state index in [4.69, 9.17) is 16.6 Å². The second-order valence-electron chi connectivity index (χ2n) is 7.82. The van der Waals surface area contributed by atoms with Gasteiger partial charge in [0.25, 0.3) is 0 Å². The van der Waals surface area contributed by atoms with Crippen LogP contribution in [0.1, 0.15) is 42.1 Å². The van der Waals surface area contributed by atoms with E-state index in [1.807, 2.05) is 18.2 Å². The molecule has 140 valence electrons. The molecule has 2 aliphatic heterocycles. The predicted octanol–water partition coefficient (Wildman–Crippen LogP) is 5.15. The molecule has 0 N–H and O–H groups in total. The summed E-state index contributed by atoms with van der Waals surface area (Å²) in [6.45, 7) is 4.05. The normalized spacial score (nSPS) is 18.3. The number of hydrogen-bond donors (Lipinski definition) is 0. The van der Waals surface area contributed by atoms with Crippen molar-refractivity contribution in [2.24, 2.45) is 0 Å². The minimum absolute atomic E-state index is 0.156. The van der Waals surface area contributed by atoms with Crippen LogP contribution in [-0.4, -0.2) is 27.5 Å². The molecule has 2 aliphatic rings. The third-order valence-electron chi connectivity index (χ3n) is 6.09. The first-order chi connectivity index (χ1) is 13.2. The van der Waals surface area contributed by atoms with Crippen LogP contribution in [0.5, 0.6) is 0 Å². The topological polar surface area (TPSA) is 21.1 Å². The summed E-state index contributed by atoms with van der Waals surface area (Å²) >= 11 is 6.28. The molecular weight excluding hydrogens is 361 g/mol. The Morgan fingerprint density at radius 1 is 1.07 bits per heavy atom. The van der Waals surface area contributed by atoms with Crippen molar-refractivity contribution in [3.63, 3.8) is 0 Å². The molecule has 0 spiro atoms. The maximum atomic E-state index is 13.1. The third-order valence-corrected chi connectivity index (χ3v) is 6.30. The van der Waals surface area contributed by atoms with Crippen molar-refractivity contribution in [1.29, 1.82) is 0 Å². The molecule has 0 saturated carbocycles. The summed E-state index contributed by atoms with van der Waals surface area (Å²) in [6, 6.07) is 11.1. The van der Waals surface area contributed by atoms with E-state index in [2.05, 4.69) is 15.5 Å². The Bertz CT molecular complexity index is 971. The number of imidazole rings is 1. The average molecular weight is 384 g/mol. The van der Waals surface area contributed by atoms with Gasteiger partial charge < -0.3 is 4.57 Å². The molecule has 3 nitrogen and oxygen atoms in total. The zero-order valence-electron chi connectivity index (χ0n) is 15.3. The number of rotatable bonds is 3. The minimum atomic E-state index is -0.156. The minimum Gasteiger partial charge on any atom is -0.327 e. The molecule has 1 aromatic heterocycles. The van der Waals surface area contributed by atoms with Crippen molar-refractivity contribution >= 4 is 22.6 Å². The van der Waals surface area contributed by atoms with Gasteiger partial charge >= 0.3 is 0 Å². The van der Waals surface area contributed by atoms with Gasteiger partial charge in [-0.25, -0.2) is 9.37 Å². The Morgan fingerprint density at radius 3 is 2.63 bits per heavy atom. The fraction of sp³-hybridized carbons (Fsp3) is 0.409. The van der Waals surface area contributed by atoms with Crippen LogP contribution in [0, 0.1) is 5.82 Å². The van der Waals surface area contributed by atoms with Crippen molar-refractivity contribution < 1.29 is 4.39 Å². The summed E-state index contributed by atoms with van der Waals surface area (Å²) in [5.41, 5.74) is 4.91. The van der Waals surface area contributed by atoms with Gasteiger partial charge in [0.15, 0.2) is 0 Å². The monoisotopic (exact) mass is 383 g/mol. The van der Waals surface area contributed by atoms with Crippen LogP contribution >= 0.6 is 11.6 Å². The maximum Gasteiger partial charge on any atom is 0.124 e. The molecule has 0 atom stereocenters. The van der Waals surface area contributed by atoms with E-state index in [1.165, 1.54) is 16.6 Å². The lowest BCUT2D eigenvalue weighted by Crippen LogP contribution is -2.33. The van der Waals surface area contributed by atoms with Crippen molar-refractivity contribution in [3.05, 3.63) is 64.2 Å². The van der Waals surface area contributed by atoms with Crippen LogP contribution in [0.3, 0.4) is 0 Å². The molecule has 3 aromatic rings. The Morgan fingerprint density at radius 2 is 1.85 bits per heavy atom. The van der Waals surface area contributed by atoms with E-state index in [1.54, 1.807) is 12.1 Å². The number of halogens is 2. The Balaban J connectivity index is 1.32. The molecule has 0 unspecified atom stereocenters. The summed E-state index contributed by atoms with van der Waals surface area (Å²) in [5, 5.41) is 0.788. The largest absolute Gasteiger partial charge is 0.327 e. The molecule has 1 fully saturated rings. The molecule has 27 heavy (non-hydrogen) atoms. The zero-order chi connectivity index (χ0) is 18.4. The van der Waals surface area contributed by atoms with Gasteiger partial charge in [-0.2, -0.15) is 0 Å². The molecule has 0 amide bonds. The van der Waals surface area contributed by atoms with Gasteiger partial charge in [0.1, 0.15) is 11.6 Å². The molecule has 1 saturated heterocycles. The van der Waals surface area contributed by atoms with Crippen LogP contribution in [0.15, 0.2) is 36.4 Å². The highest BCUT2D eigenvalue weighted by Crippen LogP contribution is 2.32. The van der Waals surface area contributed by atoms with E-state index in [-0.39, 0.29) is 5.82 Å². The van der Waals surface area contributed by atoms with E-state index in [0.29, 0.717) is 5.92 Å². The number of aryl methyl sites for hydroxylation is 2. The van der Waals surface area contributed by atoms with Crippen molar-refractivity contribution in [2.75, 3.05) is 13.1 Å². The summed E-state index contributed by atoms with van der Waals surface area (Å²) in [4.78, 5) is 7.42. The number of nitrogens with zero attached hydrogens (tertiary/aromatic N) is 3. The highest BCUT2D eigenvalue weighted by atomic mass is 35.5. The summed E-state index contributed by atoms with van der Waals surface area (Å²) in [6.07, 6.45) is 4.47. The first-order valence-corrected chi connectivity index (χ1v) is 10.2. The second-order valence-corrected chi connectivity index (χ2v) is 8.25. The zero-order valence-corrected chi connectivity index (χ0v) is 16.1. The summed E-state index contributed by atoms with van der Waals surface area (Å²) in [7, 11) is 0. The number of likely N-dealkylation sites (tertiary alicyclic amines) is 1. The number of hydrogen-bond acceptors (Lipinski definition) is 2. The SMILES string of the molecule is Fc1ccc(C2CCN(Cc3nc4cc(Cl)cc5c4n3CCC5)CC2)cc1. The van der Waals surface area contributed by atoms with E-state index < -0.39 is 0 Å². The smallest absolute Gasteiger partial charge is 0.124 e. The highest BCUT2D eigenvalue weighted by molar-refractivity contribution is 6.31. The van der Waals surface area contributed by atoms with Crippen molar-refractivity contribution in [1.82, 2.24) is 14.5 Å². The predicted molar refractivity (Wildman–Crippen MR) is 107 cm³/mol. The standard InChI is InChI=1S/C22H23ClFN3/c23-18-12-17-2-1-9-27-21(25-20(13-18)22(17)27)14-26-10-7-16(8-11-26)15-3-5-19(24)6-4-15/h3-6,12-13,16H,1-2,7-11,14H2. The molecular formula is C22H23ClFN3. The Labute approximate surface area is 163 Å². The summed E-state index contributed by atoms with van der Waals surface area (Å²) in [5.74, 6) is 1.54. The van der Waals surface area contributed by atoms with E-state index in [0.717, 1.165) is 68.2 Å². The van der Waals surface area contributed by atoms with Gasteiger partial charge in [-0.05, 0) is 80.1 Å². The van der Waals surface area contributed by atoms with Gasteiger partial charge in [0.05, 0.1) is 17.6 Å². The van der Waals surface area contributed by atoms with Crippen LogP contribution in [-0.2, 0) is 19.5 Å². The lowest BCUT2D eigenvalue weighted by atomic mass is 9.89. The Hall–Kier alpha value is -1.91. The molecule has 5 rings (SSSR count). The molecule has 2 aromatic carbocycles. The third kappa shape index (κ3) is 3.26. The van der Waals surface area contributed by atoms with E-state index in [9.17, 15) is 4.39 Å². The van der Waals surface area contributed by atoms with Crippen molar-refractivity contribution in [3.8, 4) is 0 Å². The quantitative estimate of drug-likeness (QED) is 0.623. The lowest BCUT2D eigenvalue weighted by Gasteiger charge is -2.32. The Kier molecular flexibility index (Phi) is 4.41. The molecule has 0 bridgehead atoms. The first kappa shape index (κ1) is 17.2. The lowest BCUT2D eigenvalue weighted by molar-refractivity contribution is 0.198. The van der Waals surface area contributed by atoms with Gasteiger partial charge in [0.2, 0.25) is 0 Å². The number of piperidine rings is 1. The van der Waals surface area contributed by atoms with Gasteiger partial charge in [-0.1, -0.05) is 23.7 Å². The average Bonchev–Trinajstić information content (AvgIpc) is 3.02. The summed E-state index contributed by atoms with van der Waals surface area (Å²) < 4.78 is 15.5. The molecule has 0 radical (unpaired) electrons. The van der Waals surface area contributed by atoms with Gasteiger partial charge in [0, 0.05) is 11.6 Å². The highest BCUT2D eigenvalue weighted by Gasteiger charge is 2.24. The maximum absolute atomic E-state index is 13.1. The number of aromatic nitrogens is 2. The molecule has 0 aliphatic carbocycles. The molecule has 5 heteroatoms. The number of benzene rings is 2. The first-order valence-electron chi connectivity index (χ1n) is 9.83. The van der Waals surface area contributed by atoms with Gasteiger partial charge in [-0.3, -0.25) is 4.90 Å². The fourth-order valence-corrected chi connectivity index (χ4v) is 4.94. The van der Waals surface area contributed by atoms with Crippen LogP contribution < -0.4 is 0 Å². The van der Waals surface area contributed by atoms with Gasteiger partial charge in [-0.15, -0.1) is 0 Å². The van der Waals surface area contributed by atoms with Crippen LogP contribution in [0.2, 0.25) is 5.02 Å². The van der Waals surface area contributed by atoms with Crippen LogP contribution in [0.4, 0.5) is 4.39 Å². The van der Waals surface area contributed by atoms with Crippen LogP contribution in [0.25, 0.3) is 11.0 Å². The van der Waals surface area contributed by atoms with E-state index >= 15 is 0 Å². The van der Waals surface area contributed by atoms with Crippen molar-refractivity contribution in [2.45, 2.75) is 44.7 Å².